The van der Waals surface area contributed by atoms with Crippen LogP contribution in [0.15, 0.2) is 66.7 Å². The molecule has 0 bridgehead atoms. The van der Waals surface area contributed by atoms with Gasteiger partial charge in [0.1, 0.15) is 23.9 Å². The first-order valence-corrected chi connectivity index (χ1v) is 26.1. The smallest absolute Gasteiger partial charge is 0.169 e. The van der Waals surface area contributed by atoms with Crippen molar-refractivity contribution in [3.05, 3.63) is 77.9 Å². The summed E-state index contributed by atoms with van der Waals surface area (Å²) in [5, 5.41) is 32.2. The molecule has 1 saturated heterocycles. The number of para-hydroxylation sites is 1. The van der Waals surface area contributed by atoms with Gasteiger partial charge < -0.3 is 125 Å². The Kier molecular flexibility index (Phi) is 75.4. The van der Waals surface area contributed by atoms with E-state index in [1.54, 1.807) is 56.5 Å². The SMILES string of the molecule is CCOC(CN)OCC.COC(CN)OC.COc1ccc(CCN)cc1OC.COc1ccc(OC)c(CCN)c1.C[C@@H](O)CN.C[C@H](O)CN.NCC1CCCO1.NCCCO.NCCO.NCCOc1ccccc1. The zero-order valence-corrected chi connectivity index (χ0v) is 49.2. The maximum atomic E-state index is 8.24. The molecule has 0 aromatic heterocycles. The summed E-state index contributed by atoms with van der Waals surface area (Å²) in [6, 6.07) is 21.2. The highest BCUT2D eigenvalue weighted by Crippen LogP contribution is 2.27. The van der Waals surface area contributed by atoms with Gasteiger partial charge in [-0.05, 0) is 133 Å². The fourth-order valence-electron chi connectivity index (χ4n) is 4.90. The van der Waals surface area contributed by atoms with Gasteiger partial charge in [-0.2, -0.15) is 0 Å². The Balaban J connectivity index is -0.000000189. The molecule has 0 aliphatic carbocycles. The molecule has 24 heteroatoms. The average Bonchev–Trinajstić information content (AvgIpc) is 4.01. The van der Waals surface area contributed by atoms with Crippen LogP contribution in [0.1, 0.15) is 58.1 Å². The molecule has 24 N–H and O–H groups in total. The second-order valence-corrected chi connectivity index (χ2v) is 15.5. The first-order chi connectivity index (χ1) is 37.5. The molecule has 0 spiro atoms. The summed E-state index contributed by atoms with van der Waals surface area (Å²) in [5.74, 6) is 4.10. The molecule has 24 nitrogen and oxygen atoms in total. The topological polar surface area (TPSA) is 433 Å². The van der Waals surface area contributed by atoms with E-state index in [9.17, 15) is 0 Å². The second-order valence-electron chi connectivity index (χ2n) is 15.5. The van der Waals surface area contributed by atoms with E-state index in [4.69, 9.17) is 125 Å². The van der Waals surface area contributed by atoms with Crippen molar-refractivity contribution in [2.75, 3.05) is 148 Å². The number of methoxy groups -OCH3 is 6. The number of aliphatic hydroxyl groups is 4. The van der Waals surface area contributed by atoms with Crippen molar-refractivity contribution in [1.29, 1.82) is 0 Å². The maximum Gasteiger partial charge on any atom is 0.169 e. The maximum absolute atomic E-state index is 8.24. The summed E-state index contributed by atoms with van der Waals surface area (Å²) in [4.78, 5) is 0. The predicted octanol–water partition coefficient (Wildman–Crippen LogP) is 0.383. The molecule has 3 atom stereocenters. The highest BCUT2D eigenvalue weighted by molar-refractivity contribution is 5.43. The summed E-state index contributed by atoms with van der Waals surface area (Å²) in [5.41, 5.74) is 53.8. The van der Waals surface area contributed by atoms with E-state index in [1.807, 2.05) is 80.6 Å². The van der Waals surface area contributed by atoms with Crippen LogP contribution in [-0.2, 0) is 36.5 Å². The van der Waals surface area contributed by atoms with Crippen molar-refractivity contribution in [2.45, 2.75) is 90.7 Å². The van der Waals surface area contributed by atoms with E-state index in [0.717, 1.165) is 66.6 Å². The minimum atomic E-state index is -0.338. The fourth-order valence-corrected chi connectivity index (χ4v) is 4.90. The van der Waals surface area contributed by atoms with Crippen molar-refractivity contribution in [1.82, 2.24) is 0 Å². The molecule has 3 aromatic carbocycles. The lowest BCUT2D eigenvalue weighted by Gasteiger charge is -2.13. The van der Waals surface area contributed by atoms with Gasteiger partial charge in [-0.25, -0.2) is 0 Å². The third kappa shape index (κ3) is 59.6. The van der Waals surface area contributed by atoms with Gasteiger partial charge in [0.15, 0.2) is 24.1 Å². The van der Waals surface area contributed by atoms with Crippen molar-refractivity contribution in [3.63, 3.8) is 0 Å². The van der Waals surface area contributed by atoms with Crippen LogP contribution in [0.25, 0.3) is 0 Å². The molecule has 462 valence electrons. The van der Waals surface area contributed by atoms with Crippen molar-refractivity contribution < 1.29 is 67.8 Å². The predicted molar refractivity (Wildman–Crippen MR) is 315 cm³/mol. The fraction of sp³-hybridized carbons (Fsp3) is 0.667. The molecule has 0 saturated carbocycles. The molecule has 3 aromatic rings. The van der Waals surface area contributed by atoms with Crippen molar-refractivity contribution in [2.24, 2.45) is 57.3 Å². The monoisotopic (exact) mass is 1120 g/mol. The number of nitrogens with two attached hydrogens (primary N) is 10. The first-order valence-electron chi connectivity index (χ1n) is 26.1. The van der Waals surface area contributed by atoms with E-state index in [-0.39, 0.29) is 38.0 Å². The molecule has 4 rings (SSSR count). The van der Waals surface area contributed by atoms with Gasteiger partial charge in [-0.15, -0.1) is 0 Å². The normalized spacial score (nSPS) is 12.3. The number of rotatable bonds is 25. The second kappa shape index (κ2) is 69.0. The Morgan fingerprint density at radius 1 is 0.551 bits per heavy atom. The third-order valence-electron chi connectivity index (χ3n) is 8.99. The van der Waals surface area contributed by atoms with Crippen LogP contribution in [0.5, 0.6) is 28.7 Å². The van der Waals surface area contributed by atoms with Crippen LogP contribution < -0.4 is 81.0 Å². The molecule has 1 aliphatic heterocycles. The van der Waals surface area contributed by atoms with Crippen LogP contribution in [0, 0.1) is 0 Å². The number of hydrogen-bond donors (Lipinski definition) is 14. The summed E-state index contributed by atoms with van der Waals surface area (Å²) >= 11 is 0. The standard InChI is InChI=1S/2C10H15NO2.C8H11NO.C6H15NO2.C5H11NO.C4H11NO2.3C3H9NO.C2H7NO/c1-12-9-3-4-10(13-2)8(7-9)5-6-11;1-12-9-4-3-8(5-6-11)7-10(9)13-2;9-6-7-10-8-4-2-1-3-5-8;1-3-8-6(5-7)9-4-2;6-4-5-2-1-3-7-5;1-6-4(3-5)7-2;2*1-3(5)2-4;4-2-1-3-5;3-1-2-4/h2*3-4,7H,5-6,11H2,1-2H3;1-5H,6-7,9H2;6H,3-5,7H2,1-2H3;5H,1-4,6H2;4H,3,5H2,1-2H3;2*3,5H,2,4H2,1H3;5H,1-4H2;4H,1-3H2/t;;;;;;2*3-;;/m......10../s1. The van der Waals surface area contributed by atoms with E-state index >= 15 is 0 Å². The summed E-state index contributed by atoms with van der Waals surface area (Å²) in [6.07, 6.45) is 4.00. The minimum absolute atomic E-state index is 0.0972. The summed E-state index contributed by atoms with van der Waals surface area (Å²) in [7, 11) is 9.67. The first kappa shape index (κ1) is 85.2. The molecular weight excluding hydrogens is 1010 g/mol. The number of benzene rings is 3. The highest BCUT2D eigenvalue weighted by atomic mass is 16.7. The molecule has 1 aliphatic rings. The largest absolute Gasteiger partial charge is 0.497 e. The summed E-state index contributed by atoms with van der Waals surface area (Å²) in [6.45, 7) is 15.3. The molecule has 0 amide bonds. The minimum Gasteiger partial charge on any atom is -0.497 e. The van der Waals surface area contributed by atoms with E-state index in [1.165, 1.54) is 12.0 Å². The van der Waals surface area contributed by atoms with Crippen LogP contribution in [-0.4, -0.2) is 199 Å². The zero-order chi connectivity index (χ0) is 60.6. The highest BCUT2D eigenvalue weighted by Gasteiger charge is 2.12. The van der Waals surface area contributed by atoms with Gasteiger partial charge in [0.25, 0.3) is 0 Å². The van der Waals surface area contributed by atoms with Gasteiger partial charge in [0.2, 0.25) is 0 Å². The van der Waals surface area contributed by atoms with Crippen LogP contribution in [0.4, 0.5) is 0 Å². The van der Waals surface area contributed by atoms with Gasteiger partial charge >= 0.3 is 0 Å². The van der Waals surface area contributed by atoms with Crippen molar-refractivity contribution in [3.8, 4) is 28.7 Å². The quantitative estimate of drug-likeness (QED) is 0.0510. The third-order valence-corrected chi connectivity index (χ3v) is 8.99. The van der Waals surface area contributed by atoms with E-state index in [2.05, 4.69) is 0 Å². The van der Waals surface area contributed by atoms with E-state index < -0.39 is 0 Å². The van der Waals surface area contributed by atoms with Gasteiger partial charge in [0, 0.05) is 86.5 Å². The number of aliphatic hydroxyl groups excluding tert-OH is 4. The molecule has 78 heavy (non-hydrogen) atoms. The van der Waals surface area contributed by atoms with Crippen LogP contribution >= 0.6 is 0 Å². The van der Waals surface area contributed by atoms with Crippen LogP contribution in [0.2, 0.25) is 0 Å². The Hall–Kier alpha value is -4.10. The average molecular weight is 1130 g/mol. The van der Waals surface area contributed by atoms with Crippen molar-refractivity contribution >= 4 is 0 Å². The summed E-state index contributed by atoms with van der Waals surface area (Å²) < 4.78 is 50.5. The number of ether oxygens (including phenoxy) is 10. The Morgan fingerprint density at radius 2 is 1.06 bits per heavy atom. The Morgan fingerprint density at radius 3 is 1.37 bits per heavy atom. The lowest BCUT2D eigenvalue weighted by Crippen LogP contribution is -2.26. The van der Waals surface area contributed by atoms with Gasteiger partial charge in [-0.3, -0.25) is 0 Å². The van der Waals surface area contributed by atoms with Crippen LogP contribution in [0.3, 0.4) is 0 Å². The Labute approximate surface area is 468 Å². The molecular formula is C54H112N10O14. The lowest BCUT2D eigenvalue weighted by molar-refractivity contribution is -0.128. The molecule has 1 unspecified atom stereocenters. The number of hydrogen-bond acceptors (Lipinski definition) is 24. The molecule has 1 fully saturated rings. The van der Waals surface area contributed by atoms with Gasteiger partial charge in [-0.1, -0.05) is 24.3 Å². The molecule has 1 heterocycles. The molecule has 0 radical (unpaired) electrons. The van der Waals surface area contributed by atoms with Gasteiger partial charge in [0.05, 0.1) is 53.4 Å². The zero-order valence-electron chi connectivity index (χ0n) is 49.2. The lowest BCUT2D eigenvalue weighted by atomic mass is 10.1. The Bertz CT molecular complexity index is 1550. The van der Waals surface area contributed by atoms with E-state index in [0.29, 0.717) is 91.4 Å².